The van der Waals surface area contributed by atoms with Crippen LogP contribution in [0.5, 0.6) is 0 Å². The minimum atomic E-state index is -0.441. The molecule has 5 nitrogen and oxygen atoms in total. The molecule has 0 aliphatic carbocycles. The second-order valence-corrected chi connectivity index (χ2v) is 5.91. The summed E-state index contributed by atoms with van der Waals surface area (Å²) < 4.78 is 14.1. The van der Waals surface area contributed by atoms with Gasteiger partial charge in [0.15, 0.2) is 0 Å². The van der Waals surface area contributed by atoms with Crippen molar-refractivity contribution in [2.45, 2.75) is 37.6 Å². The zero-order valence-corrected chi connectivity index (χ0v) is 12.3. The zero-order valence-electron chi connectivity index (χ0n) is 12.3. The lowest BCUT2D eigenvalue weighted by atomic mass is 9.89. The minimum absolute atomic E-state index is 0.194. The maximum atomic E-state index is 14.1. The monoisotopic (exact) mass is 305 g/mol. The molecule has 2 amide bonds. The Bertz CT molecular complexity index is 585. The Kier molecular flexibility index (Phi) is 4.38. The Morgan fingerprint density at radius 3 is 2.64 bits per heavy atom. The summed E-state index contributed by atoms with van der Waals surface area (Å²) in [5.74, 6) is -0.535. The normalized spacial score (nSPS) is 23.2. The van der Waals surface area contributed by atoms with Crippen molar-refractivity contribution in [2.75, 3.05) is 18.4 Å². The molecule has 0 aromatic heterocycles. The molecule has 0 radical (unpaired) electrons. The van der Waals surface area contributed by atoms with Crippen LogP contribution in [0.4, 0.5) is 10.1 Å². The quantitative estimate of drug-likeness (QED) is 0.740. The lowest BCUT2D eigenvalue weighted by Crippen LogP contribution is -2.47. The average Bonchev–Trinajstić information content (AvgIpc) is 2.52. The van der Waals surface area contributed by atoms with Crippen LogP contribution in [0.2, 0.25) is 0 Å². The number of piperidine rings is 2. The van der Waals surface area contributed by atoms with Crippen LogP contribution in [0.15, 0.2) is 18.2 Å². The third-order valence-electron chi connectivity index (χ3n) is 4.36. The van der Waals surface area contributed by atoms with E-state index in [1.807, 2.05) is 0 Å². The lowest BCUT2D eigenvalue weighted by Gasteiger charge is -2.26. The van der Waals surface area contributed by atoms with Gasteiger partial charge in [-0.2, -0.15) is 0 Å². The van der Waals surface area contributed by atoms with Crippen molar-refractivity contribution >= 4 is 17.5 Å². The average molecular weight is 305 g/mol. The van der Waals surface area contributed by atoms with Gasteiger partial charge in [-0.15, -0.1) is 0 Å². The maximum Gasteiger partial charge on any atom is 0.249 e. The fraction of sp³-hybridized carbons (Fsp3) is 0.500. The predicted molar refractivity (Wildman–Crippen MR) is 81.0 cm³/mol. The van der Waals surface area contributed by atoms with Gasteiger partial charge in [-0.05, 0) is 62.0 Å². The van der Waals surface area contributed by atoms with Gasteiger partial charge in [-0.25, -0.2) is 4.39 Å². The van der Waals surface area contributed by atoms with E-state index in [0.717, 1.165) is 31.6 Å². The Balaban J connectivity index is 1.74. The maximum absolute atomic E-state index is 14.1. The molecule has 0 saturated carbocycles. The molecule has 1 unspecified atom stereocenters. The molecule has 1 atom stereocenters. The van der Waals surface area contributed by atoms with Crippen molar-refractivity contribution in [3.63, 3.8) is 0 Å². The number of carbonyl (C=O) groups is 2. The first kappa shape index (κ1) is 15.0. The van der Waals surface area contributed by atoms with E-state index in [4.69, 9.17) is 0 Å². The van der Waals surface area contributed by atoms with Gasteiger partial charge in [0.2, 0.25) is 11.8 Å². The summed E-state index contributed by atoms with van der Waals surface area (Å²) in [5, 5.41) is 8.70. The van der Waals surface area contributed by atoms with Crippen LogP contribution in [0, 0.1) is 5.82 Å². The number of imide groups is 1. The minimum Gasteiger partial charge on any atom is -0.374 e. The topological polar surface area (TPSA) is 70.2 Å². The van der Waals surface area contributed by atoms with Crippen LogP contribution in [0.25, 0.3) is 0 Å². The SMILES string of the molecule is O=C1CCC(Nc2ccc(F)c(C3CCNCC3)c2)C(=O)N1. The Morgan fingerprint density at radius 2 is 1.91 bits per heavy atom. The van der Waals surface area contributed by atoms with Gasteiger partial charge < -0.3 is 10.6 Å². The second-order valence-electron chi connectivity index (χ2n) is 5.91. The first-order valence-electron chi connectivity index (χ1n) is 7.74. The Labute approximate surface area is 128 Å². The number of rotatable bonds is 3. The fourth-order valence-corrected chi connectivity index (χ4v) is 3.11. The highest BCUT2D eigenvalue weighted by Crippen LogP contribution is 2.30. The molecule has 0 spiro atoms. The van der Waals surface area contributed by atoms with Crippen LogP contribution in [-0.2, 0) is 9.59 Å². The third kappa shape index (κ3) is 3.27. The van der Waals surface area contributed by atoms with Crippen molar-refractivity contribution in [1.29, 1.82) is 0 Å². The number of anilines is 1. The Hall–Kier alpha value is -1.95. The molecule has 1 aromatic carbocycles. The smallest absolute Gasteiger partial charge is 0.249 e. The number of carbonyl (C=O) groups excluding carboxylic acids is 2. The van der Waals surface area contributed by atoms with Crippen molar-refractivity contribution in [3.05, 3.63) is 29.6 Å². The molecule has 3 N–H and O–H groups in total. The van der Waals surface area contributed by atoms with Crippen molar-refractivity contribution < 1.29 is 14.0 Å². The predicted octanol–water partition coefficient (Wildman–Crippen LogP) is 1.51. The van der Waals surface area contributed by atoms with E-state index < -0.39 is 6.04 Å². The molecule has 6 heteroatoms. The van der Waals surface area contributed by atoms with E-state index in [-0.39, 0.29) is 23.5 Å². The van der Waals surface area contributed by atoms with Gasteiger partial charge in [0.25, 0.3) is 0 Å². The molecular weight excluding hydrogens is 285 g/mol. The number of hydrogen-bond acceptors (Lipinski definition) is 4. The zero-order chi connectivity index (χ0) is 15.5. The second kappa shape index (κ2) is 6.44. The summed E-state index contributed by atoms with van der Waals surface area (Å²) in [6.45, 7) is 1.80. The summed E-state index contributed by atoms with van der Waals surface area (Å²) in [4.78, 5) is 22.9. The molecule has 1 aromatic rings. The summed E-state index contributed by atoms with van der Waals surface area (Å²) >= 11 is 0. The van der Waals surface area contributed by atoms with Gasteiger partial charge in [-0.3, -0.25) is 14.9 Å². The Morgan fingerprint density at radius 1 is 1.14 bits per heavy atom. The van der Waals surface area contributed by atoms with Crippen molar-refractivity contribution in [1.82, 2.24) is 10.6 Å². The van der Waals surface area contributed by atoms with Gasteiger partial charge >= 0.3 is 0 Å². The molecule has 22 heavy (non-hydrogen) atoms. The van der Waals surface area contributed by atoms with Crippen LogP contribution in [0.3, 0.4) is 0 Å². The first-order chi connectivity index (χ1) is 10.6. The largest absolute Gasteiger partial charge is 0.374 e. The molecule has 2 fully saturated rings. The highest BCUT2D eigenvalue weighted by Gasteiger charge is 2.27. The highest BCUT2D eigenvalue weighted by atomic mass is 19.1. The molecule has 3 rings (SSSR count). The van der Waals surface area contributed by atoms with E-state index in [9.17, 15) is 14.0 Å². The number of hydrogen-bond donors (Lipinski definition) is 3. The van der Waals surface area contributed by atoms with Gasteiger partial charge in [0, 0.05) is 12.1 Å². The molecular formula is C16H20FN3O2. The van der Waals surface area contributed by atoms with Crippen LogP contribution in [-0.4, -0.2) is 30.9 Å². The molecule has 2 saturated heterocycles. The lowest BCUT2D eigenvalue weighted by molar-refractivity contribution is -0.133. The molecule has 2 heterocycles. The van der Waals surface area contributed by atoms with Crippen LogP contribution in [0.1, 0.15) is 37.2 Å². The molecule has 118 valence electrons. The standard InChI is InChI=1S/C16H20FN3O2/c17-13-2-1-11(9-12(13)10-5-7-18-8-6-10)19-14-3-4-15(21)20-16(14)22/h1-2,9-10,14,18-19H,3-8H2,(H,20,21,22). The number of benzene rings is 1. The third-order valence-corrected chi connectivity index (χ3v) is 4.36. The van der Waals surface area contributed by atoms with E-state index >= 15 is 0 Å². The first-order valence-corrected chi connectivity index (χ1v) is 7.74. The van der Waals surface area contributed by atoms with E-state index in [2.05, 4.69) is 16.0 Å². The van der Waals surface area contributed by atoms with E-state index in [0.29, 0.717) is 18.4 Å². The van der Waals surface area contributed by atoms with Crippen molar-refractivity contribution in [3.8, 4) is 0 Å². The number of nitrogens with one attached hydrogen (secondary N) is 3. The van der Waals surface area contributed by atoms with E-state index in [1.54, 1.807) is 12.1 Å². The van der Waals surface area contributed by atoms with Crippen LogP contribution < -0.4 is 16.0 Å². The number of amides is 2. The number of halogens is 1. The molecule has 2 aliphatic rings. The molecule has 0 bridgehead atoms. The summed E-state index contributed by atoms with van der Waals surface area (Å²) in [6.07, 6.45) is 2.62. The van der Waals surface area contributed by atoms with Gasteiger partial charge in [-0.1, -0.05) is 0 Å². The van der Waals surface area contributed by atoms with E-state index in [1.165, 1.54) is 6.07 Å². The van der Waals surface area contributed by atoms with Crippen molar-refractivity contribution in [2.24, 2.45) is 0 Å². The fourth-order valence-electron chi connectivity index (χ4n) is 3.11. The highest BCUT2D eigenvalue weighted by molar-refractivity contribution is 6.01. The summed E-state index contributed by atoms with van der Waals surface area (Å²) in [7, 11) is 0. The molecule has 2 aliphatic heterocycles. The van der Waals surface area contributed by atoms with Crippen LogP contribution >= 0.6 is 0 Å². The summed E-state index contributed by atoms with van der Waals surface area (Å²) in [5.41, 5.74) is 1.43. The summed E-state index contributed by atoms with van der Waals surface area (Å²) in [6, 6.07) is 4.45. The van der Waals surface area contributed by atoms with Gasteiger partial charge in [0.05, 0.1) is 0 Å². The van der Waals surface area contributed by atoms with Gasteiger partial charge in [0.1, 0.15) is 11.9 Å².